The molecule has 0 aliphatic rings. The Morgan fingerprint density at radius 2 is 1.80 bits per heavy atom. The van der Waals surface area contributed by atoms with E-state index in [0.29, 0.717) is 12.1 Å². The molecule has 0 aromatic heterocycles. The maximum atomic E-state index is 12.9. The van der Waals surface area contributed by atoms with Crippen molar-refractivity contribution >= 4 is 21.6 Å². The lowest BCUT2D eigenvalue weighted by Gasteiger charge is -2.17. The van der Waals surface area contributed by atoms with Crippen molar-refractivity contribution in [2.24, 2.45) is 0 Å². The highest BCUT2D eigenvalue weighted by Gasteiger charge is 2.20. The van der Waals surface area contributed by atoms with Crippen molar-refractivity contribution < 1.29 is 22.7 Å². The van der Waals surface area contributed by atoms with E-state index in [1.54, 1.807) is 18.2 Å². The fourth-order valence-corrected chi connectivity index (χ4v) is 3.37. The maximum absolute atomic E-state index is 12.9. The number of rotatable bonds is 7. The van der Waals surface area contributed by atoms with Crippen molar-refractivity contribution in [1.82, 2.24) is 4.31 Å². The number of aromatic hydroxyl groups is 1. The molecule has 0 heterocycles. The van der Waals surface area contributed by atoms with E-state index in [1.807, 2.05) is 0 Å². The zero-order chi connectivity index (χ0) is 18.4. The zero-order valence-electron chi connectivity index (χ0n) is 13.6. The van der Waals surface area contributed by atoms with Crippen LogP contribution >= 0.6 is 0 Å². The van der Waals surface area contributed by atoms with Crippen LogP contribution in [0.4, 0.5) is 10.1 Å². The number of nitrogens with zero attached hydrogens (tertiary/aromatic N) is 1. The van der Waals surface area contributed by atoms with Crippen LogP contribution < -0.4 is 5.32 Å². The molecule has 2 aromatic rings. The molecule has 2 rings (SSSR count). The van der Waals surface area contributed by atoms with Crippen molar-refractivity contribution in [3.05, 3.63) is 54.3 Å². The minimum absolute atomic E-state index is 0.00457. The van der Waals surface area contributed by atoms with Crippen LogP contribution in [-0.2, 0) is 14.8 Å². The molecular formula is C17H19FN2O4S. The van der Waals surface area contributed by atoms with Crippen LogP contribution in [-0.4, -0.2) is 37.3 Å². The second kappa shape index (κ2) is 8.09. The molecule has 0 spiro atoms. The molecule has 0 radical (unpaired) electrons. The Balaban J connectivity index is 1.87. The third kappa shape index (κ3) is 5.01. The van der Waals surface area contributed by atoms with Gasteiger partial charge in [0.15, 0.2) is 0 Å². The maximum Gasteiger partial charge on any atom is 0.242 e. The predicted molar refractivity (Wildman–Crippen MR) is 92.2 cm³/mol. The number of anilines is 1. The Morgan fingerprint density at radius 1 is 1.16 bits per heavy atom. The molecule has 0 aliphatic heterocycles. The summed E-state index contributed by atoms with van der Waals surface area (Å²) in [5.41, 5.74) is 0.305. The highest BCUT2D eigenvalue weighted by atomic mass is 32.2. The Morgan fingerprint density at radius 3 is 2.44 bits per heavy atom. The van der Waals surface area contributed by atoms with E-state index in [9.17, 15) is 22.7 Å². The van der Waals surface area contributed by atoms with Gasteiger partial charge in [-0.1, -0.05) is 12.1 Å². The molecule has 0 saturated heterocycles. The van der Waals surface area contributed by atoms with Gasteiger partial charge in [-0.2, -0.15) is 0 Å². The molecule has 0 atom stereocenters. The number of carbonyl (C=O) groups is 1. The number of phenolic OH excluding ortho intramolecular Hbond substituents is 1. The molecule has 0 unspecified atom stereocenters. The molecule has 25 heavy (non-hydrogen) atoms. The third-order valence-electron chi connectivity index (χ3n) is 3.58. The number of hydrogen-bond acceptors (Lipinski definition) is 4. The number of amides is 1. The molecule has 0 bridgehead atoms. The lowest BCUT2D eigenvalue weighted by molar-refractivity contribution is -0.116. The largest absolute Gasteiger partial charge is 0.506 e. The first-order chi connectivity index (χ1) is 11.8. The average Bonchev–Trinajstić information content (AvgIpc) is 2.57. The van der Waals surface area contributed by atoms with Gasteiger partial charge in [-0.3, -0.25) is 4.79 Å². The summed E-state index contributed by atoms with van der Waals surface area (Å²) in [7, 11) is -2.32. The molecule has 0 saturated carbocycles. The Bertz CT molecular complexity index is 838. The van der Waals surface area contributed by atoms with Crippen molar-refractivity contribution in [1.29, 1.82) is 0 Å². The van der Waals surface area contributed by atoms with Crippen LogP contribution in [0.1, 0.15) is 12.8 Å². The summed E-state index contributed by atoms with van der Waals surface area (Å²) in [4.78, 5) is 11.9. The van der Waals surface area contributed by atoms with Gasteiger partial charge in [-0.25, -0.2) is 17.1 Å². The number of nitrogens with one attached hydrogen (secondary N) is 1. The van der Waals surface area contributed by atoms with Crippen molar-refractivity contribution in [2.45, 2.75) is 17.7 Å². The summed E-state index contributed by atoms with van der Waals surface area (Å²) in [6.07, 6.45) is 0.397. The van der Waals surface area contributed by atoms with Gasteiger partial charge in [0, 0.05) is 20.0 Å². The van der Waals surface area contributed by atoms with E-state index in [4.69, 9.17) is 0 Å². The molecule has 2 N–H and O–H groups in total. The van der Waals surface area contributed by atoms with Crippen LogP contribution in [0.3, 0.4) is 0 Å². The highest BCUT2D eigenvalue weighted by molar-refractivity contribution is 7.89. The minimum Gasteiger partial charge on any atom is -0.506 e. The first-order valence-electron chi connectivity index (χ1n) is 7.60. The fourth-order valence-electron chi connectivity index (χ4n) is 2.16. The van der Waals surface area contributed by atoms with Crippen LogP contribution in [0.5, 0.6) is 5.75 Å². The Labute approximate surface area is 146 Å². The number of para-hydroxylation sites is 2. The van der Waals surface area contributed by atoms with Crippen LogP contribution in [0.2, 0.25) is 0 Å². The molecule has 1 amide bonds. The van der Waals surface area contributed by atoms with Crippen LogP contribution in [0.15, 0.2) is 53.4 Å². The second-order valence-corrected chi connectivity index (χ2v) is 7.49. The third-order valence-corrected chi connectivity index (χ3v) is 5.45. The van der Waals surface area contributed by atoms with Crippen molar-refractivity contribution in [3.8, 4) is 5.75 Å². The number of phenols is 1. The summed E-state index contributed by atoms with van der Waals surface area (Å²) >= 11 is 0. The van der Waals surface area contributed by atoms with Gasteiger partial charge in [0.25, 0.3) is 0 Å². The first kappa shape index (κ1) is 18.9. The van der Waals surface area contributed by atoms with E-state index in [-0.39, 0.29) is 29.5 Å². The van der Waals surface area contributed by atoms with E-state index < -0.39 is 15.8 Å². The van der Waals surface area contributed by atoms with Gasteiger partial charge < -0.3 is 10.4 Å². The summed E-state index contributed by atoms with van der Waals surface area (Å²) in [5, 5.41) is 12.2. The minimum atomic E-state index is -3.72. The van der Waals surface area contributed by atoms with E-state index in [2.05, 4.69) is 5.32 Å². The molecule has 8 heteroatoms. The van der Waals surface area contributed by atoms with Crippen LogP contribution in [0, 0.1) is 5.82 Å². The van der Waals surface area contributed by atoms with Gasteiger partial charge in [-0.15, -0.1) is 0 Å². The summed E-state index contributed by atoms with van der Waals surface area (Å²) < 4.78 is 38.7. The first-order valence-corrected chi connectivity index (χ1v) is 9.04. The Kier molecular flexibility index (Phi) is 6.11. The van der Waals surface area contributed by atoms with Crippen LogP contribution in [0.25, 0.3) is 0 Å². The zero-order valence-corrected chi connectivity index (χ0v) is 14.5. The number of carbonyl (C=O) groups excluding carboxylic acids is 1. The monoisotopic (exact) mass is 366 g/mol. The molecule has 0 aliphatic carbocycles. The van der Waals surface area contributed by atoms with E-state index >= 15 is 0 Å². The molecule has 2 aromatic carbocycles. The highest BCUT2D eigenvalue weighted by Crippen LogP contribution is 2.21. The quantitative estimate of drug-likeness (QED) is 0.738. The van der Waals surface area contributed by atoms with Gasteiger partial charge >= 0.3 is 0 Å². The number of benzene rings is 2. The van der Waals surface area contributed by atoms with Crippen molar-refractivity contribution in [3.63, 3.8) is 0 Å². The van der Waals surface area contributed by atoms with Crippen molar-refractivity contribution in [2.75, 3.05) is 18.9 Å². The summed E-state index contributed by atoms with van der Waals surface area (Å²) in [6, 6.07) is 10.9. The lowest BCUT2D eigenvalue weighted by Crippen LogP contribution is -2.28. The fraction of sp³-hybridized carbons (Fsp3) is 0.235. The second-order valence-electron chi connectivity index (χ2n) is 5.45. The van der Waals surface area contributed by atoms with Gasteiger partial charge in [0.1, 0.15) is 11.6 Å². The number of hydrogen-bond donors (Lipinski definition) is 2. The molecular weight excluding hydrogens is 347 g/mol. The van der Waals surface area contributed by atoms with E-state index in [0.717, 1.165) is 16.4 Å². The topological polar surface area (TPSA) is 86.7 Å². The molecule has 6 nitrogen and oxygen atoms in total. The normalized spacial score (nSPS) is 11.5. The number of sulfonamides is 1. The lowest BCUT2D eigenvalue weighted by atomic mass is 10.2. The SMILES string of the molecule is CN(CCCC(=O)Nc1ccccc1O)S(=O)(=O)c1ccc(F)cc1. The van der Waals surface area contributed by atoms with Gasteiger partial charge in [0.05, 0.1) is 10.6 Å². The van der Waals surface area contributed by atoms with Gasteiger partial charge in [-0.05, 0) is 42.8 Å². The number of halogens is 1. The predicted octanol–water partition coefficient (Wildman–Crippen LogP) is 2.57. The van der Waals surface area contributed by atoms with Gasteiger partial charge in [0.2, 0.25) is 15.9 Å². The molecule has 134 valence electrons. The Hall–Kier alpha value is -2.45. The standard InChI is InChI=1S/C17H19FN2O4S/c1-20(25(23,24)14-10-8-13(18)9-11-14)12-4-7-17(22)19-15-5-2-3-6-16(15)21/h2-3,5-6,8-11,21H,4,7,12H2,1H3,(H,19,22). The summed E-state index contributed by atoms with van der Waals surface area (Å²) in [6.45, 7) is 0.133. The smallest absolute Gasteiger partial charge is 0.242 e. The average molecular weight is 366 g/mol. The summed E-state index contributed by atoms with van der Waals surface area (Å²) in [5.74, 6) is -0.872. The molecule has 0 fully saturated rings. The van der Waals surface area contributed by atoms with E-state index in [1.165, 1.54) is 25.2 Å².